The average molecular weight is 327 g/mol. The molecule has 1 aromatic heterocycles. The fourth-order valence-electron chi connectivity index (χ4n) is 1.76. The molecule has 0 atom stereocenters. The molecule has 0 spiro atoms. The first-order chi connectivity index (χ1) is 10.4. The number of rotatable bonds is 4. The van der Waals surface area contributed by atoms with Crippen LogP contribution < -0.4 is 4.74 Å². The van der Waals surface area contributed by atoms with Crippen LogP contribution in [-0.2, 0) is 12.6 Å². The number of benzene rings is 1. The van der Waals surface area contributed by atoms with Crippen LogP contribution in [0.25, 0.3) is 0 Å². The van der Waals surface area contributed by atoms with Gasteiger partial charge in [0, 0.05) is 18.6 Å². The minimum Gasteiger partial charge on any atom is -0.493 e. The van der Waals surface area contributed by atoms with Crippen LogP contribution in [0.5, 0.6) is 5.75 Å². The lowest BCUT2D eigenvalue weighted by Crippen LogP contribution is -2.06. The summed E-state index contributed by atoms with van der Waals surface area (Å²) in [5.74, 6) is 0.392. The Morgan fingerprint density at radius 2 is 1.86 bits per heavy atom. The molecule has 0 aliphatic heterocycles. The maximum atomic E-state index is 12.4. The Kier molecular flexibility index (Phi) is 4.88. The second-order valence-electron chi connectivity index (χ2n) is 4.42. The summed E-state index contributed by atoms with van der Waals surface area (Å²) in [5.41, 5.74) is 0.169. The van der Waals surface area contributed by atoms with E-state index in [1.54, 1.807) is 0 Å². The molecule has 0 amide bonds. The number of halogens is 4. The molecule has 0 radical (unpaired) electrons. The molecule has 0 aliphatic carbocycles. The topological polar surface area (TPSA) is 45.9 Å². The van der Waals surface area contributed by atoms with Crippen molar-refractivity contribution in [2.75, 3.05) is 6.61 Å². The highest BCUT2D eigenvalue weighted by molar-refractivity contribution is 6.29. The molecule has 0 saturated carbocycles. The largest absolute Gasteiger partial charge is 0.493 e. The molecule has 0 saturated heterocycles. The number of nitriles is 1. The van der Waals surface area contributed by atoms with Gasteiger partial charge >= 0.3 is 6.18 Å². The van der Waals surface area contributed by atoms with Crippen LogP contribution in [0.15, 0.2) is 36.4 Å². The molecule has 1 heterocycles. The third kappa shape index (κ3) is 4.37. The van der Waals surface area contributed by atoms with Gasteiger partial charge in [-0.3, -0.25) is 0 Å². The normalized spacial score (nSPS) is 11.0. The summed E-state index contributed by atoms with van der Waals surface area (Å²) in [6.45, 7) is 0.247. The van der Waals surface area contributed by atoms with E-state index in [0.29, 0.717) is 17.7 Å². The molecule has 3 nitrogen and oxygen atoms in total. The van der Waals surface area contributed by atoms with Crippen LogP contribution >= 0.6 is 11.6 Å². The summed E-state index contributed by atoms with van der Waals surface area (Å²) >= 11 is 5.74. The smallest absolute Gasteiger partial charge is 0.416 e. The van der Waals surface area contributed by atoms with E-state index in [0.717, 1.165) is 12.1 Å². The van der Waals surface area contributed by atoms with E-state index in [1.165, 1.54) is 24.3 Å². The van der Waals surface area contributed by atoms with E-state index in [-0.39, 0.29) is 17.5 Å². The fourth-order valence-corrected chi connectivity index (χ4v) is 1.96. The van der Waals surface area contributed by atoms with Gasteiger partial charge < -0.3 is 4.74 Å². The zero-order valence-electron chi connectivity index (χ0n) is 11.2. The molecule has 1 aromatic carbocycles. The lowest BCUT2D eigenvalue weighted by atomic mass is 10.1. The number of aromatic nitrogens is 1. The van der Waals surface area contributed by atoms with Gasteiger partial charge in [-0.05, 0) is 17.7 Å². The van der Waals surface area contributed by atoms with Gasteiger partial charge in [0.2, 0.25) is 0 Å². The van der Waals surface area contributed by atoms with Crippen LogP contribution in [0.4, 0.5) is 13.2 Å². The Morgan fingerprint density at radius 1 is 1.18 bits per heavy atom. The Balaban J connectivity index is 1.94. The maximum Gasteiger partial charge on any atom is 0.416 e. The van der Waals surface area contributed by atoms with Gasteiger partial charge in [0.15, 0.2) is 0 Å². The van der Waals surface area contributed by atoms with Crippen molar-refractivity contribution in [3.8, 4) is 11.8 Å². The highest BCUT2D eigenvalue weighted by Gasteiger charge is 2.29. The van der Waals surface area contributed by atoms with E-state index in [2.05, 4.69) is 4.98 Å². The maximum absolute atomic E-state index is 12.4. The second-order valence-corrected chi connectivity index (χ2v) is 4.80. The first-order valence-corrected chi connectivity index (χ1v) is 6.63. The molecule has 0 unspecified atom stereocenters. The van der Waals surface area contributed by atoms with Crippen molar-refractivity contribution in [3.05, 3.63) is 58.4 Å². The quantitative estimate of drug-likeness (QED) is 0.789. The Morgan fingerprint density at radius 3 is 2.45 bits per heavy atom. The molecular weight excluding hydrogens is 317 g/mol. The summed E-state index contributed by atoms with van der Waals surface area (Å²) in [4.78, 5) is 3.77. The van der Waals surface area contributed by atoms with E-state index in [4.69, 9.17) is 21.6 Å². The lowest BCUT2D eigenvalue weighted by Gasteiger charge is -2.09. The highest BCUT2D eigenvalue weighted by atomic mass is 35.5. The van der Waals surface area contributed by atoms with Crippen molar-refractivity contribution in [2.45, 2.75) is 12.6 Å². The molecule has 22 heavy (non-hydrogen) atoms. The number of alkyl halides is 3. The molecule has 7 heteroatoms. The van der Waals surface area contributed by atoms with Gasteiger partial charge in [0.05, 0.1) is 12.2 Å². The molecular formula is C15H10ClF3N2O. The Labute approximate surface area is 129 Å². The predicted molar refractivity (Wildman–Crippen MR) is 74.6 cm³/mol. The van der Waals surface area contributed by atoms with Gasteiger partial charge in [-0.25, -0.2) is 4.98 Å². The summed E-state index contributed by atoms with van der Waals surface area (Å²) in [6.07, 6.45) is -3.91. The first-order valence-electron chi connectivity index (χ1n) is 6.25. The van der Waals surface area contributed by atoms with Gasteiger partial charge in [0.1, 0.15) is 22.7 Å². The van der Waals surface area contributed by atoms with Crippen LogP contribution in [0.1, 0.15) is 16.8 Å². The summed E-state index contributed by atoms with van der Waals surface area (Å²) in [6, 6.07) is 9.65. The Bertz CT molecular complexity index is 693. The SMILES string of the molecule is N#Cc1cc(OCCc2ccc(C(F)(F)F)cc2)cc(Cl)n1. The molecule has 0 N–H and O–H groups in total. The standard InChI is InChI=1S/C15H10ClF3N2O/c16-14-8-13(7-12(9-20)21-14)22-6-5-10-1-3-11(4-2-10)15(17,18)19/h1-4,7-8H,5-6H2. The summed E-state index contributed by atoms with van der Waals surface area (Å²) in [7, 11) is 0. The number of pyridine rings is 1. The van der Waals surface area contributed by atoms with Crippen LogP contribution in [0.2, 0.25) is 5.15 Å². The third-order valence-electron chi connectivity index (χ3n) is 2.82. The number of hydrogen-bond donors (Lipinski definition) is 0. The Hall–Kier alpha value is -2.26. The predicted octanol–water partition coefficient (Wildman–Crippen LogP) is 4.25. The van der Waals surface area contributed by atoms with E-state index in [1.807, 2.05) is 6.07 Å². The minimum atomic E-state index is -4.34. The first kappa shape index (κ1) is 16.1. The molecule has 2 rings (SSSR count). The van der Waals surface area contributed by atoms with E-state index >= 15 is 0 Å². The van der Waals surface area contributed by atoms with Gasteiger partial charge in [-0.2, -0.15) is 18.4 Å². The fraction of sp³-hybridized carbons (Fsp3) is 0.200. The molecule has 0 fully saturated rings. The minimum absolute atomic E-state index is 0.136. The monoisotopic (exact) mass is 326 g/mol. The summed E-state index contributed by atoms with van der Waals surface area (Å²) in [5, 5.41) is 8.91. The average Bonchev–Trinajstić information content (AvgIpc) is 2.46. The number of hydrogen-bond acceptors (Lipinski definition) is 3. The lowest BCUT2D eigenvalue weighted by molar-refractivity contribution is -0.137. The van der Waals surface area contributed by atoms with Gasteiger partial charge in [-0.15, -0.1) is 0 Å². The number of nitrogens with zero attached hydrogens (tertiary/aromatic N) is 2. The number of ether oxygens (including phenoxy) is 1. The zero-order chi connectivity index (χ0) is 16.2. The van der Waals surface area contributed by atoms with E-state index in [9.17, 15) is 13.2 Å². The van der Waals surface area contributed by atoms with Crippen LogP contribution in [0.3, 0.4) is 0 Å². The molecule has 0 aliphatic rings. The van der Waals surface area contributed by atoms with Gasteiger partial charge in [-0.1, -0.05) is 23.7 Å². The van der Waals surface area contributed by atoms with Crippen molar-refractivity contribution < 1.29 is 17.9 Å². The highest BCUT2D eigenvalue weighted by Crippen LogP contribution is 2.29. The van der Waals surface area contributed by atoms with Crippen molar-refractivity contribution in [1.82, 2.24) is 4.98 Å². The zero-order valence-corrected chi connectivity index (χ0v) is 11.9. The third-order valence-corrected chi connectivity index (χ3v) is 3.02. The van der Waals surface area contributed by atoms with Gasteiger partial charge in [0.25, 0.3) is 0 Å². The van der Waals surface area contributed by atoms with Crippen LogP contribution in [0, 0.1) is 11.3 Å². The molecule has 0 bridgehead atoms. The molecule has 114 valence electrons. The van der Waals surface area contributed by atoms with Crippen LogP contribution in [-0.4, -0.2) is 11.6 Å². The van der Waals surface area contributed by atoms with Crippen molar-refractivity contribution >= 4 is 11.6 Å². The van der Waals surface area contributed by atoms with E-state index < -0.39 is 11.7 Å². The summed E-state index contributed by atoms with van der Waals surface area (Å²) < 4.78 is 42.7. The van der Waals surface area contributed by atoms with Crippen molar-refractivity contribution in [1.29, 1.82) is 5.26 Å². The second kappa shape index (κ2) is 6.67. The van der Waals surface area contributed by atoms with Crippen molar-refractivity contribution in [2.24, 2.45) is 0 Å². The van der Waals surface area contributed by atoms with Crippen molar-refractivity contribution in [3.63, 3.8) is 0 Å². The molecule has 2 aromatic rings.